The molecule has 102 valence electrons. The molecule has 3 aliphatic rings. The number of aliphatic hydroxyl groups excluding tert-OH is 2. The van der Waals surface area contributed by atoms with Crippen LogP contribution in [0, 0.1) is 0 Å². The number of quaternary nitrogens is 2. The Morgan fingerprint density at radius 3 is 2.83 bits per heavy atom. The van der Waals surface area contributed by atoms with Crippen molar-refractivity contribution in [3.63, 3.8) is 0 Å². The van der Waals surface area contributed by atoms with Crippen LogP contribution in [0.25, 0.3) is 0 Å². The van der Waals surface area contributed by atoms with Crippen LogP contribution in [0.2, 0.25) is 0 Å². The standard InChI is InChI=1S/C11H19N3O3S/c1-12-11-14-7-9(16)8(15)6(17-10(7)18-11)4-13-5-2-3-5/h5-10,13,15-16H,2-4H2,1H3,(H,12,14)/p+2/t6-,7-,8-,9-,10-/m1/s1. The topological polar surface area (TPSA) is 95.3 Å². The first-order chi connectivity index (χ1) is 8.69. The fourth-order valence-corrected chi connectivity index (χ4v) is 3.56. The summed E-state index contributed by atoms with van der Waals surface area (Å²) in [5.41, 5.74) is -0.146. The summed E-state index contributed by atoms with van der Waals surface area (Å²) in [7, 11) is 1.92. The van der Waals surface area contributed by atoms with Gasteiger partial charge in [0.1, 0.15) is 36.3 Å². The van der Waals surface area contributed by atoms with Crippen molar-refractivity contribution in [1.29, 1.82) is 0 Å². The van der Waals surface area contributed by atoms with Crippen molar-refractivity contribution < 1.29 is 25.6 Å². The summed E-state index contributed by atoms with van der Waals surface area (Å²) in [6.07, 6.45) is 0.572. The molecule has 6 N–H and O–H groups in total. The molecule has 0 radical (unpaired) electrons. The summed E-state index contributed by atoms with van der Waals surface area (Å²) in [6, 6.07) is 0.371. The summed E-state index contributed by atoms with van der Waals surface area (Å²) in [5, 5.41) is 25.2. The number of hydrogen-bond donors (Lipinski definition) is 4. The number of aliphatic imine (C=N–C) groups is 1. The van der Waals surface area contributed by atoms with E-state index in [1.54, 1.807) is 11.8 Å². The van der Waals surface area contributed by atoms with E-state index in [1.165, 1.54) is 12.8 Å². The lowest BCUT2D eigenvalue weighted by Gasteiger charge is -2.37. The third kappa shape index (κ3) is 2.43. The second kappa shape index (κ2) is 5.07. The van der Waals surface area contributed by atoms with Gasteiger partial charge in [0.05, 0.1) is 13.1 Å². The Bertz CT molecular complexity index is 350. The molecule has 2 heterocycles. The van der Waals surface area contributed by atoms with Gasteiger partial charge in [0.2, 0.25) is 0 Å². The normalized spacial score (nSPS) is 43.7. The minimum Gasteiger partial charge on any atom is -0.388 e. The molecular formula is C11H21N3O3S+2. The number of rotatable bonds is 3. The zero-order chi connectivity index (χ0) is 12.7. The predicted molar refractivity (Wildman–Crippen MR) is 67.2 cm³/mol. The van der Waals surface area contributed by atoms with Crippen LogP contribution in [0.5, 0.6) is 0 Å². The quantitative estimate of drug-likeness (QED) is 0.437. The van der Waals surface area contributed by atoms with Crippen molar-refractivity contribution in [2.24, 2.45) is 4.99 Å². The Hall–Kier alpha value is -0.180. The molecule has 5 atom stereocenters. The molecule has 6 nitrogen and oxygen atoms in total. The summed E-state index contributed by atoms with van der Waals surface area (Å²) in [5.74, 6) is 0. The van der Waals surface area contributed by atoms with Gasteiger partial charge in [-0.2, -0.15) is 0 Å². The molecule has 0 aromatic rings. The maximum atomic E-state index is 10.1. The van der Waals surface area contributed by atoms with Crippen LogP contribution in [-0.4, -0.2) is 64.8 Å². The zero-order valence-corrected chi connectivity index (χ0v) is 11.2. The van der Waals surface area contributed by atoms with Crippen molar-refractivity contribution in [3.05, 3.63) is 0 Å². The highest BCUT2D eigenvalue weighted by Gasteiger charge is 2.49. The van der Waals surface area contributed by atoms with E-state index in [-0.39, 0.29) is 17.6 Å². The first-order valence-electron chi connectivity index (χ1n) is 6.58. The Morgan fingerprint density at radius 2 is 2.17 bits per heavy atom. The number of ether oxygens (including phenoxy) is 1. The number of hydrogen-bond acceptors (Lipinski definition) is 5. The molecule has 2 aliphatic heterocycles. The molecule has 1 saturated heterocycles. The summed E-state index contributed by atoms with van der Waals surface area (Å²) in [6.45, 7) is 0.720. The third-order valence-corrected chi connectivity index (χ3v) is 4.96. The van der Waals surface area contributed by atoms with Gasteiger partial charge >= 0.3 is 0 Å². The number of nitrogens with zero attached hydrogens (tertiary/aromatic N) is 1. The second-order valence-corrected chi connectivity index (χ2v) is 6.32. The SMILES string of the molecule is C[NH2+]C1=N[C@@H]2[C@@H](O)[C@H](O)[C@@H](C[NH2+]C3CC3)O[C@@H]2S1. The molecule has 0 unspecified atom stereocenters. The van der Waals surface area contributed by atoms with Crippen molar-refractivity contribution in [1.82, 2.24) is 0 Å². The molecule has 1 saturated carbocycles. The van der Waals surface area contributed by atoms with E-state index in [2.05, 4.69) is 10.3 Å². The highest BCUT2D eigenvalue weighted by molar-refractivity contribution is 8.14. The van der Waals surface area contributed by atoms with Gasteiger partial charge in [-0.15, -0.1) is 0 Å². The van der Waals surface area contributed by atoms with E-state index in [1.807, 2.05) is 12.4 Å². The van der Waals surface area contributed by atoms with Gasteiger partial charge in [-0.1, -0.05) is 0 Å². The molecule has 0 bridgehead atoms. The lowest BCUT2D eigenvalue weighted by Crippen LogP contribution is -2.89. The van der Waals surface area contributed by atoms with Crippen molar-refractivity contribution in [2.45, 2.75) is 48.7 Å². The van der Waals surface area contributed by atoms with Crippen LogP contribution >= 0.6 is 11.8 Å². The van der Waals surface area contributed by atoms with E-state index in [0.29, 0.717) is 6.04 Å². The van der Waals surface area contributed by atoms with Gasteiger partial charge in [0.15, 0.2) is 0 Å². The van der Waals surface area contributed by atoms with E-state index in [9.17, 15) is 10.2 Å². The lowest BCUT2D eigenvalue weighted by atomic mass is 9.98. The second-order valence-electron chi connectivity index (χ2n) is 5.20. The molecule has 0 spiro atoms. The number of amidine groups is 1. The van der Waals surface area contributed by atoms with Crippen molar-refractivity contribution >= 4 is 16.9 Å². The Morgan fingerprint density at radius 1 is 1.39 bits per heavy atom. The fourth-order valence-electron chi connectivity index (χ4n) is 2.44. The van der Waals surface area contributed by atoms with Crippen LogP contribution in [-0.2, 0) is 4.74 Å². The average molecular weight is 275 g/mol. The van der Waals surface area contributed by atoms with Gasteiger partial charge in [-0.3, -0.25) is 5.32 Å². The number of aliphatic hydroxyl groups is 2. The molecule has 3 rings (SSSR count). The molecule has 1 aliphatic carbocycles. The largest absolute Gasteiger partial charge is 0.388 e. The van der Waals surface area contributed by atoms with Gasteiger partial charge in [-0.05, 0) is 11.8 Å². The van der Waals surface area contributed by atoms with Gasteiger partial charge < -0.3 is 20.3 Å². The van der Waals surface area contributed by atoms with Gasteiger partial charge in [0, 0.05) is 12.8 Å². The van der Waals surface area contributed by atoms with E-state index in [4.69, 9.17) is 4.74 Å². The number of nitrogens with two attached hydrogens (primary N) is 2. The third-order valence-electron chi connectivity index (χ3n) is 3.75. The zero-order valence-electron chi connectivity index (χ0n) is 10.4. The molecule has 7 heteroatoms. The maximum Gasteiger partial charge on any atom is 0.258 e. The predicted octanol–water partition coefficient (Wildman–Crippen LogP) is -3.18. The molecule has 0 aromatic carbocycles. The maximum absolute atomic E-state index is 10.1. The average Bonchev–Trinajstić information content (AvgIpc) is 3.10. The Kier molecular flexibility index (Phi) is 3.61. The van der Waals surface area contributed by atoms with Crippen LogP contribution in [0.1, 0.15) is 12.8 Å². The van der Waals surface area contributed by atoms with Crippen LogP contribution in [0.4, 0.5) is 0 Å². The molecule has 2 fully saturated rings. The highest BCUT2D eigenvalue weighted by Crippen LogP contribution is 2.34. The van der Waals surface area contributed by atoms with Crippen molar-refractivity contribution in [2.75, 3.05) is 13.6 Å². The summed E-state index contributed by atoms with van der Waals surface area (Å²) in [4.78, 5) is 4.38. The first kappa shape index (κ1) is 12.8. The first-order valence-corrected chi connectivity index (χ1v) is 7.45. The summed E-state index contributed by atoms with van der Waals surface area (Å²) < 4.78 is 5.89. The van der Waals surface area contributed by atoms with Crippen LogP contribution < -0.4 is 10.6 Å². The molecule has 0 aromatic heterocycles. The monoisotopic (exact) mass is 275 g/mol. The molecule has 18 heavy (non-hydrogen) atoms. The number of thioether (sulfide) groups is 1. The molecular weight excluding hydrogens is 254 g/mol. The summed E-state index contributed by atoms with van der Waals surface area (Å²) >= 11 is 1.54. The minimum atomic E-state index is -0.832. The fraction of sp³-hybridized carbons (Fsp3) is 0.909. The van der Waals surface area contributed by atoms with E-state index in [0.717, 1.165) is 11.7 Å². The molecule has 0 amide bonds. The Balaban J connectivity index is 1.62. The smallest absolute Gasteiger partial charge is 0.258 e. The van der Waals surface area contributed by atoms with Crippen molar-refractivity contribution in [3.8, 4) is 0 Å². The van der Waals surface area contributed by atoms with E-state index < -0.39 is 12.2 Å². The highest BCUT2D eigenvalue weighted by atomic mass is 32.2. The van der Waals surface area contributed by atoms with E-state index >= 15 is 0 Å². The van der Waals surface area contributed by atoms with Crippen LogP contribution in [0.15, 0.2) is 4.99 Å². The van der Waals surface area contributed by atoms with Gasteiger partial charge in [-0.25, -0.2) is 4.99 Å². The van der Waals surface area contributed by atoms with Gasteiger partial charge in [0.25, 0.3) is 5.17 Å². The minimum absolute atomic E-state index is 0.146. The van der Waals surface area contributed by atoms with Crippen LogP contribution in [0.3, 0.4) is 0 Å². The number of fused-ring (bicyclic) bond motifs is 1. The Labute approximate surface area is 110 Å². The lowest BCUT2D eigenvalue weighted by molar-refractivity contribution is -0.676.